The number of aromatic hydroxyl groups is 1. The van der Waals surface area contributed by atoms with Crippen LogP contribution in [0.5, 0.6) is 5.75 Å². The predicted octanol–water partition coefficient (Wildman–Crippen LogP) is 4.13. The van der Waals surface area contributed by atoms with Gasteiger partial charge in [-0.1, -0.05) is 54.1 Å². The number of phenolic OH excluding ortho intramolecular Hbond substituents is 1. The van der Waals surface area contributed by atoms with E-state index in [1.807, 2.05) is 12.1 Å². The van der Waals surface area contributed by atoms with Crippen LogP contribution in [0.2, 0.25) is 0 Å². The first kappa shape index (κ1) is 31.7. The number of alkyl halides is 2. The summed E-state index contributed by atoms with van der Waals surface area (Å²) in [5.74, 6) is -7.59. The monoisotopic (exact) mass is 698 g/mol. The number of nitrogens with zero attached hydrogens (tertiary/aromatic N) is 2. The molecule has 1 saturated carbocycles. The van der Waals surface area contributed by atoms with E-state index in [1.54, 1.807) is 24.3 Å². The van der Waals surface area contributed by atoms with Gasteiger partial charge in [0, 0.05) is 11.5 Å². The van der Waals surface area contributed by atoms with Gasteiger partial charge in [0.15, 0.2) is 9.75 Å². The summed E-state index contributed by atoms with van der Waals surface area (Å²) in [6, 6.07) is 20.8. The van der Waals surface area contributed by atoms with Crippen LogP contribution in [-0.2, 0) is 19.2 Å². The van der Waals surface area contributed by atoms with E-state index in [-0.39, 0.29) is 41.0 Å². The lowest BCUT2D eigenvalue weighted by Crippen LogP contribution is -2.60. The molecule has 0 unspecified atom stereocenters. The van der Waals surface area contributed by atoms with Crippen LogP contribution >= 0.6 is 23.2 Å². The fourth-order valence-electron chi connectivity index (χ4n) is 8.38. The van der Waals surface area contributed by atoms with E-state index < -0.39 is 70.0 Å². The Hall–Kier alpha value is -4.55. The van der Waals surface area contributed by atoms with Crippen LogP contribution < -0.4 is 15.3 Å². The van der Waals surface area contributed by atoms with E-state index in [2.05, 4.69) is 0 Å². The number of benzene rings is 4. The van der Waals surface area contributed by atoms with Crippen molar-refractivity contribution < 1.29 is 38.7 Å². The van der Waals surface area contributed by atoms with Gasteiger partial charge in [0.2, 0.25) is 11.8 Å². The number of carbonyl (C=O) groups is 4. The van der Waals surface area contributed by atoms with Gasteiger partial charge in [-0.25, -0.2) is 9.29 Å². The van der Waals surface area contributed by atoms with Crippen molar-refractivity contribution in [3.05, 3.63) is 108 Å². The topological polar surface area (TPSA) is 135 Å². The number of allylic oxidation sites excluding steroid dienone is 2. The van der Waals surface area contributed by atoms with Crippen molar-refractivity contribution in [1.82, 2.24) is 0 Å². The summed E-state index contributed by atoms with van der Waals surface area (Å²) >= 11 is 14.9. The number of imide groups is 2. The minimum Gasteiger partial charge on any atom is -0.508 e. The summed E-state index contributed by atoms with van der Waals surface area (Å²) in [5, 5.41) is 32.3. The second-order valence-corrected chi connectivity index (χ2v) is 14.2. The van der Waals surface area contributed by atoms with Crippen molar-refractivity contribution in [3.63, 3.8) is 0 Å². The molecule has 13 heteroatoms. The van der Waals surface area contributed by atoms with E-state index in [1.165, 1.54) is 42.5 Å². The Balaban J connectivity index is 1.33. The minimum absolute atomic E-state index is 0.0471. The second kappa shape index (κ2) is 11.0. The highest BCUT2D eigenvalue weighted by Gasteiger charge is 2.77. The number of rotatable bonds is 4. The average molecular weight is 699 g/mol. The van der Waals surface area contributed by atoms with Crippen LogP contribution in [0.25, 0.3) is 10.8 Å². The highest BCUT2D eigenvalue weighted by molar-refractivity contribution is 6.59. The first-order valence-corrected chi connectivity index (χ1v) is 16.4. The molecule has 4 aromatic carbocycles. The number of hydrogen-bond acceptors (Lipinski definition) is 7. The number of anilines is 2. The normalized spacial score (nSPS) is 29.2. The molecule has 4 aliphatic rings. The number of phenols is 1. The van der Waals surface area contributed by atoms with Crippen molar-refractivity contribution in [2.45, 2.75) is 28.5 Å². The Labute approximate surface area is 289 Å². The number of hydrogen-bond donors (Lipinski definition) is 3. The number of amides is 4. The molecule has 8 rings (SSSR count). The van der Waals surface area contributed by atoms with Crippen LogP contribution in [-0.4, -0.2) is 55.7 Å². The number of fused-ring (bicyclic) bond motifs is 5. The van der Waals surface area contributed by atoms with Gasteiger partial charge in [-0.05, 0) is 77.5 Å². The number of carbonyl (C=O) groups excluding carboxylic acids is 4. The molecule has 6 atom stereocenters. The Morgan fingerprint density at radius 2 is 1.53 bits per heavy atom. The van der Waals surface area contributed by atoms with Gasteiger partial charge in [0.05, 0.1) is 23.2 Å². The zero-order chi connectivity index (χ0) is 34.6. The smallest absolute Gasteiger partial charge is 0.488 e. The van der Waals surface area contributed by atoms with Gasteiger partial charge >= 0.3 is 7.12 Å². The van der Waals surface area contributed by atoms with Crippen LogP contribution in [0.1, 0.15) is 24.3 Å². The molecule has 0 radical (unpaired) electrons. The predicted molar refractivity (Wildman–Crippen MR) is 181 cm³/mol. The van der Waals surface area contributed by atoms with Crippen LogP contribution in [0.15, 0.2) is 96.6 Å². The van der Waals surface area contributed by atoms with Crippen molar-refractivity contribution in [2.24, 2.45) is 17.8 Å². The molecule has 0 aromatic heterocycles. The largest absolute Gasteiger partial charge is 0.508 e. The molecular formula is C36H26BCl2FN2O7. The van der Waals surface area contributed by atoms with Crippen molar-refractivity contribution in [1.29, 1.82) is 0 Å². The third kappa shape index (κ3) is 4.26. The first-order valence-electron chi connectivity index (χ1n) is 15.7. The molecule has 2 aliphatic heterocycles. The fraction of sp³-hybridized carbons (Fsp3) is 0.222. The molecule has 2 saturated heterocycles. The van der Waals surface area contributed by atoms with Gasteiger partial charge < -0.3 is 15.2 Å². The molecule has 0 bridgehead atoms. The van der Waals surface area contributed by atoms with E-state index in [9.17, 15) is 38.7 Å². The molecule has 4 aromatic rings. The Morgan fingerprint density at radius 1 is 0.796 bits per heavy atom. The summed E-state index contributed by atoms with van der Waals surface area (Å²) in [4.78, 5) is 54.9. The summed E-state index contributed by atoms with van der Waals surface area (Å²) in [6.07, 6.45) is 1.56. The van der Waals surface area contributed by atoms with E-state index >= 15 is 0 Å². The highest BCUT2D eigenvalue weighted by Crippen LogP contribution is 2.67. The van der Waals surface area contributed by atoms with Gasteiger partial charge in [0.1, 0.15) is 11.6 Å². The Morgan fingerprint density at radius 3 is 2.27 bits per heavy atom. The molecule has 2 aliphatic carbocycles. The van der Waals surface area contributed by atoms with Crippen LogP contribution in [0, 0.1) is 23.6 Å². The van der Waals surface area contributed by atoms with E-state index in [4.69, 9.17) is 23.2 Å². The van der Waals surface area contributed by atoms with Crippen molar-refractivity contribution in [3.8, 4) is 5.75 Å². The quantitative estimate of drug-likeness (QED) is 0.126. The highest BCUT2D eigenvalue weighted by atomic mass is 35.5. The van der Waals surface area contributed by atoms with Crippen LogP contribution in [0.4, 0.5) is 15.8 Å². The SMILES string of the molecule is O=C1[C@H]2[C@H](CC=C3[C@H]2C[C@@]2(Cl)C(=O)N(c4ccc(F)cc4)C(=O)[C@@]2(Cl)[C@H]3c2c(O)ccc3ccccc23)C(=O)N1c1cccc(B(O)O)c1. The Kier molecular flexibility index (Phi) is 7.11. The number of halogens is 3. The second-order valence-electron chi connectivity index (χ2n) is 13.0. The fourth-order valence-corrected chi connectivity index (χ4v) is 9.30. The van der Waals surface area contributed by atoms with Gasteiger partial charge in [-0.3, -0.25) is 24.1 Å². The molecule has 3 N–H and O–H groups in total. The molecular weight excluding hydrogens is 673 g/mol. The maximum absolute atomic E-state index is 14.7. The van der Waals surface area contributed by atoms with Gasteiger partial charge in [0.25, 0.3) is 11.8 Å². The zero-order valence-electron chi connectivity index (χ0n) is 25.5. The first-order chi connectivity index (χ1) is 23.4. The maximum atomic E-state index is 14.7. The lowest BCUT2D eigenvalue weighted by Gasteiger charge is -2.51. The molecule has 0 spiro atoms. The molecule has 4 amide bonds. The molecule has 3 fully saturated rings. The molecule has 49 heavy (non-hydrogen) atoms. The zero-order valence-corrected chi connectivity index (χ0v) is 27.0. The van der Waals surface area contributed by atoms with E-state index in [0.29, 0.717) is 16.3 Å². The minimum atomic E-state index is -2.21. The Bertz CT molecular complexity index is 2160. The third-order valence-corrected chi connectivity index (χ3v) is 12.0. The summed E-state index contributed by atoms with van der Waals surface area (Å²) < 4.78 is 13.9. The average Bonchev–Trinajstić information content (AvgIpc) is 3.43. The third-order valence-electron chi connectivity index (χ3n) is 10.6. The summed E-state index contributed by atoms with van der Waals surface area (Å²) in [7, 11) is -1.83. The summed E-state index contributed by atoms with van der Waals surface area (Å²) in [5.41, 5.74) is 1.01. The lowest BCUT2D eigenvalue weighted by atomic mass is 9.56. The van der Waals surface area contributed by atoms with Crippen LogP contribution in [0.3, 0.4) is 0 Å². The van der Waals surface area contributed by atoms with Gasteiger partial charge in [-0.2, -0.15) is 0 Å². The summed E-state index contributed by atoms with van der Waals surface area (Å²) in [6.45, 7) is 0. The van der Waals surface area contributed by atoms with E-state index in [0.717, 1.165) is 21.9 Å². The molecule has 9 nitrogen and oxygen atoms in total. The van der Waals surface area contributed by atoms with Crippen molar-refractivity contribution in [2.75, 3.05) is 9.80 Å². The lowest BCUT2D eigenvalue weighted by molar-refractivity contribution is -0.125. The maximum Gasteiger partial charge on any atom is 0.488 e. The van der Waals surface area contributed by atoms with Crippen molar-refractivity contribution >= 4 is 81.6 Å². The molecule has 246 valence electrons. The van der Waals surface area contributed by atoms with Gasteiger partial charge in [-0.15, -0.1) is 23.2 Å². The molecule has 2 heterocycles. The standard InChI is InChI=1S/C36H26BCl2FN2O7/c38-35-17-26-24(13-14-25-28(26)32(45)41(31(25)44)22-6-3-5-19(16-22)37(48)49)30(29-23-7-2-1-4-18(23)8-15-27(29)43)36(35,39)34(47)42(33(35)46)21-11-9-20(40)10-12-21/h1-13,15-16,25-26,28,30,43,48-49H,14,17H2/t25-,26+,28-,30+,35+,36-/m0/s1.